The Labute approximate surface area is 192 Å². The SMILES string of the molecule is CCOc1cc([C@@H]2S[C@H](Cc3ccccc3Cl)C(=O)N2c2ccccc2)ccc1OC. The van der Waals surface area contributed by atoms with Gasteiger partial charge in [-0.3, -0.25) is 9.69 Å². The number of anilines is 1. The predicted octanol–water partition coefficient (Wildman–Crippen LogP) is 6.14. The summed E-state index contributed by atoms with van der Waals surface area (Å²) in [5.41, 5.74) is 2.85. The largest absolute Gasteiger partial charge is 0.493 e. The lowest BCUT2D eigenvalue weighted by Crippen LogP contribution is -2.31. The highest BCUT2D eigenvalue weighted by atomic mass is 35.5. The minimum absolute atomic E-state index is 0.0786. The molecule has 1 heterocycles. The van der Waals surface area contributed by atoms with Crippen molar-refractivity contribution < 1.29 is 14.3 Å². The van der Waals surface area contributed by atoms with Gasteiger partial charge < -0.3 is 9.47 Å². The molecule has 4 nitrogen and oxygen atoms in total. The fraction of sp³-hybridized carbons (Fsp3) is 0.240. The summed E-state index contributed by atoms with van der Waals surface area (Å²) in [6.45, 7) is 2.48. The second-order valence-corrected chi connectivity index (χ2v) is 8.85. The monoisotopic (exact) mass is 453 g/mol. The van der Waals surface area contributed by atoms with Crippen LogP contribution in [0.1, 0.15) is 23.4 Å². The van der Waals surface area contributed by atoms with E-state index in [1.807, 2.05) is 84.6 Å². The maximum Gasteiger partial charge on any atom is 0.241 e. The van der Waals surface area contributed by atoms with Gasteiger partial charge in [-0.2, -0.15) is 0 Å². The van der Waals surface area contributed by atoms with Crippen LogP contribution in [0.5, 0.6) is 11.5 Å². The molecule has 1 aliphatic rings. The van der Waals surface area contributed by atoms with Crippen molar-refractivity contribution in [1.82, 2.24) is 0 Å². The summed E-state index contributed by atoms with van der Waals surface area (Å²) in [4.78, 5) is 15.4. The average Bonchev–Trinajstić information content (AvgIpc) is 3.12. The Morgan fingerprint density at radius 1 is 1.00 bits per heavy atom. The smallest absolute Gasteiger partial charge is 0.241 e. The number of amides is 1. The van der Waals surface area contributed by atoms with Gasteiger partial charge in [0.25, 0.3) is 0 Å². The van der Waals surface area contributed by atoms with Gasteiger partial charge in [-0.25, -0.2) is 0 Å². The lowest BCUT2D eigenvalue weighted by atomic mass is 10.1. The van der Waals surface area contributed by atoms with E-state index >= 15 is 0 Å². The van der Waals surface area contributed by atoms with Gasteiger partial charge in [0.15, 0.2) is 11.5 Å². The van der Waals surface area contributed by atoms with Crippen LogP contribution in [0, 0.1) is 0 Å². The van der Waals surface area contributed by atoms with Crippen LogP contribution < -0.4 is 14.4 Å². The summed E-state index contributed by atoms with van der Waals surface area (Å²) < 4.78 is 11.2. The van der Waals surface area contributed by atoms with Crippen LogP contribution in [0.3, 0.4) is 0 Å². The molecule has 3 aromatic carbocycles. The highest BCUT2D eigenvalue weighted by molar-refractivity contribution is 8.01. The number of hydrogen-bond acceptors (Lipinski definition) is 4. The number of thioether (sulfide) groups is 1. The zero-order valence-electron chi connectivity index (χ0n) is 17.5. The molecule has 160 valence electrons. The van der Waals surface area contributed by atoms with Crippen molar-refractivity contribution in [2.75, 3.05) is 18.6 Å². The molecule has 1 saturated heterocycles. The van der Waals surface area contributed by atoms with Crippen molar-refractivity contribution in [3.05, 3.63) is 88.9 Å². The molecular formula is C25H24ClNO3S. The number of carbonyl (C=O) groups excluding carboxylic acids is 1. The predicted molar refractivity (Wildman–Crippen MR) is 127 cm³/mol. The number of ether oxygens (including phenoxy) is 2. The summed E-state index contributed by atoms with van der Waals surface area (Å²) in [5, 5.41) is 0.281. The van der Waals surface area contributed by atoms with Crippen LogP contribution in [-0.2, 0) is 11.2 Å². The van der Waals surface area contributed by atoms with Crippen molar-refractivity contribution in [2.45, 2.75) is 24.0 Å². The molecule has 2 atom stereocenters. The van der Waals surface area contributed by atoms with Gasteiger partial charge in [0.2, 0.25) is 5.91 Å². The molecule has 4 rings (SSSR count). The van der Waals surface area contributed by atoms with E-state index in [1.54, 1.807) is 18.9 Å². The summed E-state index contributed by atoms with van der Waals surface area (Å²) in [7, 11) is 1.63. The minimum Gasteiger partial charge on any atom is -0.493 e. The van der Waals surface area contributed by atoms with Gasteiger partial charge in [0.05, 0.1) is 19.0 Å². The van der Waals surface area contributed by atoms with Crippen LogP contribution in [-0.4, -0.2) is 24.9 Å². The van der Waals surface area contributed by atoms with Gasteiger partial charge in [-0.15, -0.1) is 11.8 Å². The number of hydrogen-bond donors (Lipinski definition) is 0. The standard InChI is InChI=1S/C25H24ClNO3S/c1-3-30-22-15-18(13-14-21(22)29-2)25-27(19-10-5-4-6-11-19)24(28)23(31-25)16-17-9-7-8-12-20(17)26/h4-15,23,25H,3,16H2,1-2H3/t23-,25+/m1/s1. The van der Waals surface area contributed by atoms with E-state index in [-0.39, 0.29) is 16.5 Å². The maximum atomic E-state index is 13.5. The lowest BCUT2D eigenvalue weighted by Gasteiger charge is -2.25. The second kappa shape index (κ2) is 9.67. The Kier molecular flexibility index (Phi) is 6.73. The molecule has 0 aromatic heterocycles. The van der Waals surface area contributed by atoms with E-state index in [2.05, 4.69) is 0 Å². The summed E-state index contributed by atoms with van der Waals surface area (Å²) in [6, 6.07) is 23.4. The summed E-state index contributed by atoms with van der Waals surface area (Å²) in [5.74, 6) is 1.44. The van der Waals surface area contributed by atoms with Crippen LogP contribution in [0.25, 0.3) is 0 Å². The maximum absolute atomic E-state index is 13.5. The molecule has 1 aliphatic heterocycles. The summed E-state index contributed by atoms with van der Waals surface area (Å²) >= 11 is 8.02. The number of halogens is 1. The zero-order chi connectivity index (χ0) is 21.8. The topological polar surface area (TPSA) is 38.8 Å². The lowest BCUT2D eigenvalue weighted by molar-refractivity contribution is -0.117. The van der Waals surface area contributed by atoms with Gasteiger partial charge in [-0.1, -0.05) is 54.1 Å². The number of methoxy groups -OCH3 is 1. The van der Waals surface area contributed by atoms with Crippen LogP contribution in [0.15, 0.2) is 72.8 Å². The molecule has 1 fully saturated rings. The van der Waals surface area contributed by atoms with Gasteiger partial charge >= 0.3 is 0 Å². The summed E-state index contributed by atoms with van der Waals surface area (Å²) in [6.07, 6.45) is 0.581. The quantitative estimate of drug-likeness (QED) is 0.431. The van der Waals surface area contributed by atoms with E-state index in [0.717, 1.165) is 16.8 Å². The number of benzene rings is 3. The van der Waals surface area contributed by atoms with Crippen molar-refractivity contribution in [1.29, 1.82) is 0 Å². The first-order chi connectivity index (χ1) is 15.1. The Morgan fingerprint density at radius 2 is 1.74 bits per heavy atom. The molecule has 0 spiro atoms. The molecule has 0 aliphatic carbocycles. The molecular weight excluding hydrogens is 430 g/mol. The van der Waals surface area contributed by atoms with Crippen molar-refractivity contribution in [3.8, 4) is 11.5 Å². The normalized spacial score (nSPS) is 18.3. The van der Waals surface area contributed by atoms with E-state index in [0.29, 0.717) is 29.5 Å². The first-order valence-electron chi connectivity index (χ1n) is 10.2. The molecule has 0 saturated carbocycles. The number of para-hydroxylation sites is 1. The van der Waals surface area contributed by atoms with E-state index in [1.165, 1.54) is 0 Å². The van der Waals surface area contributed by atoms with E-state index < -0.39 is 0 Å². The van der Waals surface area contributed by atoms with Crippen molar-refractivity contribution >= 4 is 35.0 Å². The Balaban J connectivity index is 1.71. The molecule has 6 heteroatoms. The fourth-order valence-corrected chi connectivity index (χ4v) is 5.42. The fourth-order valence-electron chi connectivity index (χ4n) is 3.74. The first-order valence-corrected chi connectivity index (χ1v) is 11.5. The highest BCUT2D eigenvalue weighted by Crippen LogP contribution is 2.48. The zero-order valence-corrected chi connectivity index (χ0v) is 19.0. The van der Waals surface area contributed by atoms with Crippen LogP contribution >= 0.6 is 23.4 Å². The highest BCUT2D eigenvalue weighted by Gasteiger charge is 2.42. The van der Waals surface area contributed by atoms with Crippen molar-refractivity contribution in [3.63, 3.8) is 0 Å². The van der Waals surface area contributed by atoms with Gasteiger partial charge in [-0.05, 0) is 54.8 Å². The first kappa shape index (κ1) is 21.6. The number of carbonyl (C=O) groups is 1. The minimum atomic E-state index is -0.234. The molecule has 0 bridgehead atoms. The molecule has 0 radical (unpaired) electrons. The molecule has 1 amide bonds. The number of rotatable bonds is 7. The second-order valence-electron chi connectivity index (χ2n) is 7.16. The Morgan fingerprint density at radius 3 is 2.45 bits per heavy atom. The molecule has 3 aromatic rings. The Hall–Kier alpha value is -2.63. The third-order valence-corrected chi connectivity index (χ3v) is 7.02. The average molecular weight is 454 g/mol. The van der Waals surface area contributed by atoms with Crippen LogP contribution in [0.2, 0.25) is 5.02 Å². The van der Waals surface area contributed by atoms with Gasteiger partial charge in [0.1, 0.15) is 5.37 Å². The third kappa shape index (κ3) is 4.53. The van der Waals surface area contributed by atoms with E-state index in [4.69, 9.17) is 21.1 Å². The molecule has 0 unspecified atom stereocenters. The molecule has 0 N–H and O–H groups in total. The van der Waals surface area contributed by atoms with E-state index in [9.17, 15) is 4.79 Å². The third-order valence-electron chi connectivity index (χ3n) is 5.21. The van der Waals surface area contributed by atoms with Crippen LogP contribution in [0.4, 0.5) is 5.69 Å². The van der Waals surface area contributed by atoms with Gasteiger partial charge in [0, 0.05) is 10.7 Å². The Bertz CT molecular complexity index is 1060. The number of nitrogens with zero attached hydrogens (tertiary/aromatic N) is 1. The molecule has 31 heavy (non-hydrogen) atoms. The van der Waals surface area contributed by atoms with Crippen molar-refractivity contribution in [2.24, 2.45) is 0 Å².